The van der Waals surface area contributed by atoms with Gasteiger partial charge in [-0.25, -0.2) is 0 Å². The van der Waals surface area contributed by atoms with E-state index in [2.05, 4.69) is 6.08 Å². The second-order valence-electron chi connectivity index (χ2n) is 12.2. The van der Waals surface area contributed by atoms with Crippen LogP contribution in [0, 0.1) is 31.6 Å². The number of aliphatic hydroxyl groups is 2. The molecule has 2 amide bonds. The van der Waals surface area contributed by atoms with Gasteiger partial charge in [-0.15, -0.1) is 0 Å². The maximum absolute atomic E-state index is 13.6. The van der Waals surface area contributed by atoms with Gasteiger partial charge < -0.3 is 20.4 Å². The molecular weight excluding hydrogens is 558 g/mol. The molecule has 1 heterocycles. The number of aliphatic carboxylic acids is 1. The van der Waals surface area contributed by atoms with E-state index in [1.807, 2.05) is 63.2 Å². The van der Waals surface area contributed by atoms with Crippen LogP contribution in [0.15, 0.2) is 53.6 Å². The fourth-order valence-electron chi connectivity index (χ4n) is 6.98. The van der Waals surface area contributed by atoms with Crippen LogP contribution in [0.5, 0.6) is 5.75 Å². The quantitative estimate of drug-likeness (QED) is 0.0948. The summed E-state index contributed by atoms with van der Waals surface area (Å²) in [6.45, 7) is 5.61. The van der Waals surface area contributed by atoms with Crippen molar-refractivity contribution in [2.75, 3.05) is 13.2 Å². The zero-order valence-electron chi connectivity index (χ0n) is 26.0. The number of carbonyl (C=O) groups excluding carboxylic acids is 2. The summed E-state index contributed by atoms with van der Waals surface area (Å²) in [7, 11) is 0. The first-order valence-corrected chi connectivity index (χ1v) is 15.7. The first-order valence-electron chi connectivity index (χ1n) is 15.7. The molecule has 4 N–H and O–H groups in total. The van der Waals surface area contributed by atoms with Gasteiger partial charge in [0.15, 0.2) is 0 Å². The van der Waals surface area contributed by atoms with Gasteiger partial charge in [0.1, 0.15) is 5.75 Å². The highest BCUT2D eigenvalue weighted by Gasteiger charge is 2.54. The predicted molar refractivity (Wildman–Crippen MR) is 169 cm³/mol. The van der Waals surface area contributed by atoms with Gasteiger partial charge in [-0.05, 0) is 97.9 Å². The molecule has 1 aliphatic heterocycles. The zero-order valence-corrected chi connectivity index (χ0v) is 26.0. The minimum Gasteiger partial charge on any atom is -0.507 e. The van der Waals surface area contributed by atoms with Crippen LogP contribution in [-0.2, 0) is 14.4 Å². The van der Waals surface area contributed by atoms with Crippen LogP contribution in [-0.4, -0.2) is 62.4 Å². The highest BCUT2D eigenvalue weighted by molar-refractivity contribution is 6.05. The molecule has 0 bridgehead atoms. The number of unbranched alkanes of at least 4 members (excludes halogenated alkanes) is 2. The Kier molecular flexibility index (Phi) is 11.2. The molecule has 44 heavy (non-hydrogen) atoms. The number of imide groups is 1. The van der Waals surface area contributed by atoms with E-state index < -0.39 is 29.8 Å². The van der Waals surface area contributed by atoms with E-state index in [0.29, 0.717) is 50.5 Å². The number of amides is 2. The number of carboxylic acid groups (broad SMARTS) is 1. The molecule has 236 valence electrons. The number of hydrogen-bond donors (Lipinski definition) is 4. The summed E-state index contributed by atoms with van der Waals surface area (Å²) in [6, 6.07) is 13.8. The van der Waals surface area contributed by atoms with Crippen LogP contribution in [0.3, 0.4) is 0 Å². The summed E-state index contributed by atoms with van der Waals surface area (Å²) in [6.07, 6.45) is 4.76. The minimum atomic E-state index is -0.897. The second kappa shape index (κ2) is 14.8. The number of carboxylic acids is 1. The van der Waals surface area contributed by atoms with Gasteiger partial charge in [0.25, 0.3) is 0 Å². The lowest BCUT2D eigenvalue weighted by Gasteiger charge is -2.36. The maximum atomic E-state index is 13.6. The molecule has 2 aromatic carbocycles. The van der Waals surface area contributed by atoms with E-state index in [1.165, 1.54) is 4.90 Å². The molecule has 1 saturated heterocycles. The molecule has 1 aliphatic carbocycles. The summed E-state index contributed by atoms with van der Waals surface area (Å²) in [5.41, 5.74) is 6.17. The van der Waals surface area contributed by atoms with Crippen molar-refractivity contribution in [3.8, 4) is 5.75 Å². The summed E-state index contributed by atoms with van der Waals surface area (Å²) < 4.78 is 0. The number of phenolic OH excluding ortho intramolecular Hbond substituents is 1. The number of benzene rings is 2. The summed E-state index contributed by atoms with van der Waals surface area (Å²) in [5, 5.41) is 41.3. The smallest absolute Gasteiger partial charge is 0.303 e. The van der Waals surface area contributed by atoms with Gasteiger partial charge >= 0.3 is 5.97 Å². The minimum absolute atomic E-state index is 0.0557. The average molecular weight is 604 g/mol. The number of allylic oxidation sites excluding steroid dienone is 2. The number of likely N-dealkylation sites (tertiary alicyclic amines) is 1. The Morgan fingerprint density at radius 2 is 1.70 bits per heavy atom. The van der Waals surface area contributed by atoms with Crippen LogP contribution in [0.4, 0.5) is 0 Å². The van der Waals surface area contributed by atoms with Gasteiger partial charge in [0.05, 0.1) is 24.5 Å². The van der Waals surface area contributed by atoms with Gasteiger partial charge in [-0.2, -0.15) is 0 Å². The Morgan fingerprint density at radius 1 is 1.02 bits per heavy atom. The van der Waals surface area contributed by atoms with Crippen molar-refractivity contribution in [3.05, 3.63) is 75.9 Å². The van der Waals surface area contributed by atoms with Crippen LogP contribution in [0.25, 0.3) is 11.6 Å². The molecule has 0 aromatic heterocycles. The van der Waals surface area contributed by atoms with Crippen LogP contribution < -0.4 is 0 Å². The predicted octanol–water partition coefficient (Wildman–Crippen LogP) is 5.66. The lowest BCUT2D eigenvalue weighted by molar-refractivity contribution is -0.141. The van der Waals surface area contributed by atoms with Crippen molar-refractivity contribution in [3.63, 3.8) is 0 Å². The Balaban J connectivity index is 1.55. The number of aliphatic hydroxyl groups excluding tert-OH is 2. The van der Waals surface area contributed by atoms with Crippen molar-refractivity contribution in [2.24, 2.45) is 17.8 Å². The van der Waals surface area contributed by atoms with Crippen LogP contribution >= 0.6 is 0 Å². The number of phenols is 1. The molecule has 4 rings (SSSR count). The molecule has 0 spiro atoms. The molecule has 8 nitrogen and oxygen atoms in total. The van der Waals surface area contributed by atoms with E-state index in [-0.39, 0.29) is 37.1 Å². The topological polar surface area (TPSA) is 135 Å². The van der Waals surface area contributed by atoms with E-state index >= 15 is 0 Å². The van der Waals surface area contributed by atoms with Gasteiger partial charge in [0, 0.05) is 18.9 Å². The monoisotopic (exact) mass is 603 g/mol. The molecule has 0 radical (unpaired) electrons. The zero-order chi connectivity index (χ0) is 32.0. The summed E-state index contributed by atoms with van der Waals surface area (Å²) >= 11 is 0. The maximum Gasteiger partial charge on any atom is 0.303 e. The largest absolute Gasteiger partial charge is 0.507 e. The highest BCUT2D eigenvalue weighted by Crippen LogP contribution is 2.47. The van der Waals surface area contributed by atoms with Gasteiger partial charge in [0.2, 0.25) is 11.8 Å². The second-order valence-corrected chi connectivity index (χ2v) is 12.2. The Morgan fingerprint density at radius 3 is 2.32 bits per heavy atom. The molecule has 1 fully saturated rings. The van der Waals surface area contributed by atoms with E-state index in [1.54, 1.807) is 0 Å². The lowest BCUT2D eigenvalue weighted by atomic mass is 9.67. The van der Waals surface area contributed by atoms with Crippen molar-refractivity contribution in [1.29, 1.82) is 0 Å². The summed E-state index contributed by atoms with van der Waals surface area (Å²) in [4.78, 5) is 39.0. The molecule has 0 unspecified atom stereocenters. The molecule has 0 saturated carbocycles. The molecule has 2 aromatic rings. The van der Waals surface area contributed by atoms with Gasteiger partial charge in [-0.3, -0.25) is 19.3 Å². The first-order chi connectivity index (χ1) is 21.1. The fourth-order valence-corrected chi connectivity index (χ4v) is 6.98. The third-order valence-corrected chi connectivity index (χ3v) is 9.22. The molecule has 2 aliphatic rings. The molecular formula is C36H45NO7. The number of carbonyl (C=O) groups is 3. The third kappa shape index (κ3) is 7.30. The number of hydrogen-bond acceptors (Lipinski definition) is 6. The van der Waals surface area contributed by atoms with Crippen molar-refractivity contribution in [2.45, 2.75) is 78.2 Å². The summed E-state index contributed by atoms with van der Waals surface area (Å²) in [5.74, 6) is -3.02. The van der Waals surface area contributed by atoms with E-state index in [4.69, 9.17) is 5.11 Å². The number of aromatic hydroxyl groups is 1. The SMILES string of the molecule is CCC1=C([C@H](O)CC/C(=C/c2cc(C)c(O)c(C)c2)c2ccccc2)[C@H](CO)[C@@H]2C(=O)N(CCCCCC(=O)O)C(=O)[C@@H]2C1. The van der Waals surface area contributed by atoms with E-state index in [0.717, 1.165) is 33.4 Å². The number of nitrogens with zero attached hydrogens (tertiary/aromatic N) is 1. The number of aryl methyl sites for hydroxylation is 2. The van der Waals surface area contributed by atoms with Crippen LogP contribution in [0.1, 0.15) is 80.5 Å². The molecule has 4 atom stereocenters. The average Bonchev–Trinajstić information content (AvgIpc) is 3.25. The normalized spacial score (nSPS) is 21.2. The standard InChI is InChI=1S/C36H45NO7/c1-4-25-20-28-33(36(44)37(35(28)43)16-10-6-9-13-31(40)41)29(21-38)32(25)30(39)15-14-27(26-11-7-5-8-12-26)19-24-17-22(2)34(42)23(3)18-24/h5,7-8,11-12,17-19,28-30,33,38-39,42H,4,6,9-10,13-16,20-21H2,1-3H3,(H,40,41)/b27-19-/t28-,29+,30-,33-/m1/s1. The van der Waals surface area contributed by atoms with Gasteiger partial charge in [-0.1, -0.05) is 55.3 Å². The highest BCUT2D eigenvalue weighted by atomic mass is 16.4. The van der Waals surface area contributed by atoms with Crippen molar-refractivity contribution in [1.82, 2.24) is 4.90 Å². The Hall–Kier alpha value is -3.75. The third-order valence-electron chi connectivity index (χ3n) is 9.22. The Labute approximate surface area is 259 Å². The number of rotatable bonds is 14. The first kappa shape index (κ1) is 33.1. The lowest BCUT2D eigenvalue weighted by Crippen LogP contribution is -2.39. The number of fused-ring (bicyclic) bond motifs is 1. The van der Waals surface area contributed by atoms with E-state index in [9.17, 15) is 29.7 Å². The Bertz CT molecular complexity index is 1400. The van der Waals surface area contributed by atoms with Crippen molar-refractivity contribution < 1.29 is 34.8 Å². The fraction of sp³-hybridized carbons (Fsp3) is 0.472. The van der Waals surface area contributed by atoms with Crippen molar-refractivity contribution >= 4 is 29.4 Å². The van der Waals surface area contributed by atoms with Crippen LogP contribution in [0.2, 0.25) is 0 Å². The molecule has 8 heteroatoms.